The number of nitrogens with zero attached hydrogens (tertiary/aromatic N) is 1. The lowest BCUT2D eigenvalue weighted by Gasteiger charge is -2.25. The van der Waals surface area contributed by atoms with Crippen molar-refractivity contribution in [1.82, 2.24) is 0 Å². The molecule has 4 rings (SSSR count). The molecule has 0 atom stereocenters. The van der Waals surface area contributed by atoms with E-state index in [1.165, 1.54) is 31.2 Å². The van der Waals surface area contributed by atoms with Gasteiger partial charge in [-0.2, -0.15) is 8.78 Å². The molecular formula is C35H30ClF3N2O9. The largest absolute Gasteiger partial charge is 0.491 e. The molecule has 0 fully saturated rings. The highest BCUT2D eigenvalue weighted by Crippen LogP contribution is 2.36. The Morgan fingerprint density at radius 2 is 1.52 bits per heavy atom. The van der Waals surface area contributed by atoms with Crippen LogP contribution < -0.4 is 24.4 Å². The van der Waals surface area contributed by atoms with Gasteiger partial charge < -0.3 is 29.7 Å². The second-order valence-corrected chi connectivity index (χ2v) is 11.2. The summed E-state index contributed by atoms with van der Waals surface area (Å²) in [4.78, 5) is 50.1. The number of carbonyl (C=O) groups excluding carboxylic acids is 2. The molecule has 0 spiro atoms. The predicted octanol–water partition coefficient (Wildman–Crippen LogP) is 7.90. The Balaban J connectivity index is 1.64. The Labute approximate surface area is 288 Å². The number of benzene rings is 4. The minimum atomic E-state index is -3.52. The first-order valence-electron chi connectivity index (χ1n) is 14.9. The third-order valence-corrected chi connectivity index (χ3v) is 7.07. The average molecular weight is 715 g/mol. The van der Waals surface area contributed by atoms with Gasteiger partial charge in [0, 0.05) is 5.56 Å². The third kappa shape index (κ3) is 9.02. The number of alkyl halides is 2. The zero-order valence-electron chi connectivity index (χ0n) is 26.7. The number of amides is 2. The van der Waals surface area contributed by atoms with E-state index in [2.05, 4.69) is 5.32 Å². The van der Waals surface area contributed by atoms with Crippen molar-refractivity contribution in [3.8, 4) is 23.0 Å². The van der Waals surface area contributed by atoms with Crippen LogP contribution in [0.3, 0.4) is 0 Å². The van der Waals surface area contributed by atoms with Gasteiger partial charge >= 0.3 is 18.5 Å². The number of aliphatic carboxylic acids is 1. The van der Waals surface area contributed by atoms with Gasteiger partial charge in [0.25, 0.3) is 11.8 Å². The number of carboxylic acids is 2. The number of aromatic carboxylic acids is 1. The highest BCUT2D eigenvalue weighted by Gasteiger charge is 2.32. The number of anilines is 2. The summed E-state index contributed by atoms with van der Waals surface area (Å²) in [5, 5.41) is 21.6. The van der Waals surface area contributed by atoms with Gasteiger partial charge in [-0.15, -0.1) is 0 Å². The molecule has 0 aliphatic heterocycles. The molecule has 4 aromatic rings. The van der Waals surface area contributed by atoms with Gasteiger partial charge in [0.1, 0.15) is 23.1 Å². The van der Waals surface area contributed by atoms with Crippen molar-refractivity contribution in [2.45, 2.75) is 39.8 Å². The van der Waals surface area contributed by atoms with Gasteiger partial charge in [0.05, 0.1) is 46.7 Å². The van der Waals surface area contributed by atoms with Crippen molar-refractivity contribution in [3.05, 3.63) is 106 Å². The van der Waals surface area contributed by atoms with E-state index >= 15 is 0 Å². The molecule has 11 nitrogen and oxygen atoms in total. The number of rotatable bonds is 14. The average Bonchev–Trinajstić information content (AvgIpc) is 3.03. The van der Waals surface area contributed by atoms with Gasteiger partial charge in [-0.1, -0.05) is 11.6 Å². The minimum Gasteiger partial charge on any atom is -0.491 e. The molecule has 0 unspecified atom stereocenters. The molecule has 15 heteroatoms. The number of hydrogen-bond acceptors (Lipinski definition) is 7. The molecule has 0 aliphatic carbocycles. The van der Waals surface area contributed by atoms with Gasteiger partial charge in [0.2, 0.25) is 0 Å². The van der Waals surface area contributed by atoms with Crippen molar-refractivity contribution in [1.29, 1.82) is 0 Å². The van der Waals surface area contributed by atoms with Crippen molar-refractivity contribution in [2.24, 2.45) is 0 Å². The molecule has 4 aromatic carbocycles. The van der Waals surface area contributed by atoms with Crippen molar-refractivity contribution < 1.29 is 56.8 Å². The van der Waals surface area contributed by atoms with Crippen LogP contribution in [0.5, 0.6) is 23.0 Å². The number of carbonyl (C=O) groups is 4. The summed E-state index contributed by atoms with van der Waals surface area (Å²) in [6.45, 7) is 1.68. The van der Waals surface area contributed by atoms with Crippen LogP contribution >= 0.6 is 11.6 Å². The van der Waals surface area contributed by atoms with E-state index in [4.69, 9.17) is 25.8 Å². The highest BCUT2D eigenvalue weighted by molar-refractivity contribution is 6.33. The zero-order valence-corrected chi connectivity index (χ0v) is 27.5. The molecular weight excluding hydrogens is 685 g/mol. The molecule has 0 radical (unpaired) electrons. The van der Waals surface area contributed by atoms with Crippen LogP contribution in [-0.4, -0.2) is 53.2 Å². The standard InChI is InChI=1S/C35H30ClF3N2O9/c1-4-48-31-26(15-21(37)16-27(31)36)33(45)41(35(38)39)29-12-10-23(13-20(29)14-30(42)43)50-24-9-11-28(25(17-24)34(46)47)40-32(44)19-5-7-22(8-6-19)49-18(2)3/h5-13,15-18,35H,4,14H2,1-3H3,(H,40,44)(H,42,43)(H,46,47). The van der Waals surface area contributed by atoms with Gasteiger partial charge in [-0.3, -0.25) is 19.3 Å². The summed E-state index contributed by atoms with van der Waals surface area (Å²) in [5.74, 6) is -5.84. The summed E-state index contributed by atoms with van der Waals surface area (Å²) in [5.41, 5.74) is -1.63. The maximum Gasteiger partial charge on any atom is 0.337 e. The molecule has 0 aliphatic rings. The van der Waals surface area contributed by atoms with Crippen LogP contribution in [-0.2, 0) is 11.2 Å². The maximum atomic E-state index is 14.5. The summed E-state index contributed by atoms with van der Waals surface area (Å²) in [7, 11) is 0. The normalized spacial score (nSPS) is 10.9. The molecule has 0 aromatic heterocycles. The molecule has 0 saturated carbocycles. The third-order valence-electron chi connectivity index (χ3n) is 6.79. The number of carboxylic acid groups (broad SMARTS) is 2. The van der Waals surface area contributed by atoms with E-state index in [1.54, 1.807) is 12.1 Å². The molecule has 50 heavy (non-hydrogen) atoms. The van der Waals surface area contributed by atoms with Crippen LogP contribution in [0, 0.1) is 5.82 Å². The lowest BCUT2D eigenvalue weighted by molar-refractivity contribution is -0.136. The monoisotopic (exact) mass is 714 g/mol. The van der Waals surface area contributed by atoms with Gasteiger partial charge in [-0.25, -0.2) is 9.18 Å². The van der Waals surface area contributed by atoms with E-state index in [-0.39, 0.29) is 62.3 Å². The Morgan fingerprint density at radius 3 is 2.12 bits per heavy atom. The summed E-state index contributed by atoms with van der Waals surface area (Å²) < 4.78 is 59.8. The minimum absolute atomic E-state index is 0.0272. The van der Waals surface area contributed by atoms with Crippen LogP contribution in [0.2, 0.25) is 5.02 Å². The predicted molar refractivity (Wildman–Crippen MR) is 177 cm³/mol. The lowest BCUT2D eigenvalue weighted by atomic mass is 10.1. The van der Waals surface area contributed by atoms with Crippen molar-refractivity contribution >= 4 is 46.7 Å². The van der Waals surface area contributed by atoms with E-state index in [0.29, 0.717) is 11.8 Å². The first kappa shape index (κ1) is 37.1. The topological polar surface area (TPSA) is 152 Å². The Hall–Kier alpha value is -5.76. The Morgan fingerprint density at radius 1 is 0.880 bits per heavy atom. The van der Waals surface area contributed by atoms with E-state index < -0.39 is 53.8 Å². The summed E-state index contributed by atoms with van der Waals surface area (Å²) in [6, 6.07) is 14.7. The van der Waals surface area contributed by atoms with Crippen LogP contribution in [0.1, 0.15) is 57.4 Å². The summed E-state index contributed by atoms with van der Waals surface area (Å²) in [6.07, 6.45) is -0.922. The molecule has 3 N–H and O–H groups in total. The Bertz CT molecular complexity index is 1920. The van der Waals surface area contributed by atoms with Crippen LogP contribution in [0.25, 0.3) is 0 Å². The van der Waals surface area contributed by atoms with Gasteiger partial charge in [0.15, 0.2) is 5.75 Å². The SMILES string of the molecule is CCOc1c(Cl)cc(F)cc1C(=O)N(c1ccc(Oc2ccc(NC(=O)c3ccc(OC(C)C)cc3)c(C(=O)O)c2)cc1CC(=O)O)C(F)F. The Kier molecular flexibility index (Phi) is 11.9. The van der Waals surface area contributed by atoms with E-state index in [0.717, 1.165) is 30.3 Å². The van der Waals surface area contributed by atoms with E-state index in [9.17, 15) is 42.6 Å². The van der Waals surface area contributed by atoms with Crippen molar-refractivity contribution in [3.63, 3.8) is 0 Å². The number of hydrogen-bond donors (Lipinski definition) is 3. The second kappa shape index (κ2) is 16.1. The summed E-state index contributed by atoms with van der Waals surface area (Å²) >= 11 is 6.02. The smallest absolute Gasteiger partial charge is 0.337 e. The van der Waals surface area contributed by atoms with Crippen molar-refractivity contribution in [2.75, 3.05) is 16.8 Å². The molecule has 262 valence electrons. The lowest BCUT2D eigenvalue weighted by Crippen LogP contribution is -2.37. The number of halogens is 4. The number of nitrogens with one attached hydrogen (secondary N) is 1. The second-order valence-electron chi connectivity index (χ2n) is 10.8. The first-order valence-corrected chi connectivity index (χ1v) is 15.3. The number of ether oxygens (including phenoxy) is 3. The molecule has 0 bridgehead atoms. The maximum absolute atomic E-state index is 14.5. The quantitative estimate of drug-likeness (QED) is 0.111. The van der Waals surface area contributed by atoms with Gasteiger partial charge in [-0.05, 0) is 99.1 Å². The zero-order chi connectivity index (χ0) is 36.7. The van der Waals surface area contributed by atoms with Crippen LogP contribution in [0.4, 0.5) is 24.5 Å². The fourth-order valence-electron chi connectivity index (χ4n) is 4.77. The molecule has 2 amide bonds. The molecule has 0 heterocycles. The van der Waals surface area contributed by atoms with Crippen LogP contribution in [0.15, 0.2) is 72.8 Å². The highest BCUT2D eigenvalue weighted by atomic mass is 35.5. The fraction of sp³-hybridized carbons (Fsp3) is 0.200. The fourth-order valence-corrected chi connectivity index (χ4v) is 5.03. The van der Waals surface area contributed by atoms with E-state index in [1.807, 2.05) is 13.8 Å². The first-order chi connectivity index (χ1) is 23.7. The molecule has 0 saturated heterocycles.